The van der Waals surface area contributed by atoms with Crippen LogP contribution in [0.1, 0.15) is 38.5 Å². The number of aromatic nitrogens is 1. The fourth-order valence-corrected chi connectivity index (χ4v) is 4.61. The number of amides is 2. The van der Waals surface area contributed by atoms with Gasteiger partial charge in [0.25, 0.3) is 5.91 Å². The number of nitrogens with one attached hydrogen (secondary N) is 3. The third-order valence-electron chi connectivity index (χ3n) is 4.75. The minimum atomic E-state index is -1.37. The van der Waals surface area contributed by atoms with Crippen LogP contribution in [0.15, 0.2) is 41.8 Å². The van der Waals surface area contributed by atoms with E-state index in [2.05, 4.69) is 20.9 Å². The SMILES string of the molecule is Cc1nc(NC(=O)CCc2cccc(O)c2)sc1C(O)NC(CNC(=O)c1cccs1)C(=O)O. The zero-order valence-corrected chi connectivity index (χ0v) is 19.8. The van der Waals surface area contributed by atoms with Crippen molar-refractivity contribution >= 4 is 45.6 Å². The van der Waals surface area contributed by atoms with Gasteiger partial charge in [-0.25, -0.2) is 4.98 Å². The second kappa shape index (κ2) is 11.7. The first kappa shape index (κ1) is 25.3. The summed E-state index contributed by atoms with van der Waals surface area (Å²) >= 11 is 2.25. The topological polar surface area (TPSA) is 161 Å². The van der Waals surface area contributed by atoms with E-state index in [1.165, 1.54) is 11.3 Å². The Labute approximate surface area is 203 Å². The molecule has 0 aliphatic heterocycles. The maximum atomic E-state index is 12.3. The molecule has 2 amide bonds. The molecule has 0 aliphatic rings. The van der Waals surface area contributed by atoms with Gasteiger partial charge in [0.2, 0.25) is 5.91 Å². The summed E-state index contributed by atoms with van der Waals surface area (Å²) in [4.78, 5) is 41.0. The molecule has 3 rings (SSSR count). The highest BCUT2D eigenvalue weighted by atomic mass is 32.1. The number of carbonyl (C=O) groups is 3. The summed E-state index contributed by atoms with van der Waals surface area (Å²) < 4.78 is 0. The number of aliphatic carboxylic acids is 1. The van der Waals surface area contributed by atoms with Gasteiger partial charge < -0.3 is 26.0 Å². The molecule has 0 aliphatic carbocycles. The van der Waals surface area contributed by atoms with Gasteiger partial charge in [0.15, 0.2) is 5.13 Å². The maximum Gasteiger partial charge on any atom is 0.322 e. The number of aryl methyl sites for hydroxylation is 2. The lowest BCUT2D eigenvalue weighted by Crippen LogP contribution is -2.47. The smallest absolute Gasteiger partial charge is 0.322 e. The second-order valence-corrected chi connectivity index (χ2v) is 9.31. The molecule has 34 heavy (non-hydrogen) atoms. The molecule has 180 valence electrons. The average Bonchev–Trinajstić information content (AvgIpc) is 3.45. The summed E-state index contributed by atoms with van der Waals surface area (Å²) in [6.45, 7) is 1.40. The lowest BCUT2D eigenvalue weighted by molar-refractivity contribution is -0.140. The third kappa shape index (κ3) is 7.09. The normalized spacial score (nSPS) is 12.6. The van der Waals surface area contributed by atoms with Crippen LogP contribution in [-0.4, -0.2) is 50.7 Å². The Bertz CT molecular complexity index is 1150. The molecule has 0 saturated heterocycles. The molecule has 12 heteroatoms. The van der Waals surface area contributed by atoms with Gasteiger partial charge in [-0.2, -0.15) is 0 Å². The van der Waals surface area contributed by atoms with E-state index >= 15 is 0 Å². The van der Waals surface area contributed by atoms with Crippen LogP contribution in [0.3, 0.4) is 0 Å². The Morgan fingerprint density at radius 3 is 2.65 bits per heavy atom. The van der Waals surface area contributed by atoms with Crippen molar-refractivity contribution in [1.29, 1.82) is 0 Å². The zero-order valence-electron chi connectivity index (χ0n) is 18.1. The number of rotatable bonds is 11. The lowest BCUT2D eigenvalue weighted by Gasteiger charge is -2.19. The molecule has 0 saturated carbocycles. The van der Waals surface area contributed by atoms with E-state index in [9.17, 15) is 29.7 Å². The Hall–Kier alpha value is -3.32. The fraction of sp³-hybridized carbons (Fsp3) is 0.273. The first-order chi connectivity index (χ1) is 16.2. The highest BCUT2D eigenvalue weighted by Gasteiger charge is 2.25. The van der Waals surface area contributed by atoms with Crippen molar-refractivity contribution in [2.45, 2.75) is 32.0 Å². The molecular formula is C22H24N4O6S2. The highest BCUT2D eigenvalue weighted by Crippen LogP contribution is 2.27. The summed E-state index contributed by atoms with van der Waals surface area (Å²) in [5.41, 5.74) is 1.25. The number of aliphatic hydroxyl groups is 1. The van der Waals surface area contributed by atoms with Crippen LogP contribution in [0.25, 0.3) is 0 Å². The zero-order chi connectivity index (χ0) is 24.7. The molecule has 2 atom stereocenters. The number of carbonyl (C=O) groups excluding carboxylic acids is 2. The average molecular weight is 505 g/mol. The first-order valence-corrected chi connectivity index (χ1v) is 12.0. The molecule has 2 aromatic heterocycles. The summed E-state index contributed by atoms with van der Waals surface area (Å²) in [6, 6.07) is 8.73. The van der Waals surface area contributed by atoms with Crippen molar-refractivity contribution in [2.75, 3.05) is 11.9 Å². The van der Waals surface area contributed by atoms with Crippen LogP contribution >= 0.6 is 22.7 Å². The monoisotopic (exact) mass is 504 g/mol. The van der Waals surface area contributed by atoms with Gasteiger partial charge in [0.1, 0.15) is 18.0 Å². The van der Waals surface area contributed by atoms with Crippen molar-refractivity contribution in [3.05, 3.63) is 62.8 Å². The summed E-state index contributed by atoms with van der Waals surface area (Å²) in [6.07, 6.45) is -0.766. The third-order valence-corrected chi connectivity index (χ3v) is 6.74. The van der Waals surface area contributed by atoms with Gasteiger partial charge in [-0.3, -0.25) is 19.7 Å². The van der Waals surface area contributed by atoms with E-state index in [1.807, 2.05) is 6.07 Å². The number of hydrogen-bond donors (Lipinski definition) is 6. The molecule has 1 aromatic carbocycles. The molecule has 6 N–H and O–H groups in total. The van der Waals surface area contributed by atoms with E-state index in [-0.39, 0.29) is 29.8 Å². The van der Waals surface area contributed by atoms with Gasteiger partial charge in [0, 0.05) is 13.0 Å². The summed E-state index contributed by atoms with van der Waals surface area (Å²) in [5.74, 6) is -1.80. The molecule has 3 aromatic rings. The highest BCUT2D eigenvalue weighted by molar-refractivity contribution is 7.16. The van der Waals surface area contributed by atoms with Crippen LogP contribution in [-0.2, 0) is 16.0 Å². The van der Waals surface area contributed by atoms with E-state index < -0.39 is 24.1 Å². The van der Waals surface area contributed by atoms with Gasteiger partial charge in [-0.1, -0.05) is 29.5 Å². The van der Waals surface area contributed by atoms with Crippen LogP contribution in [0.2, 0.25) is 0 Å². The van der Waals surface area contributed by atoms with E-state index in [4.69, 9.17) is 0 Å². The van der Waals surface area contributed by atoms with Crippen molar-refractivity contribution in [1.82, 2.24) is 15.6 Å². The van der Waals surface area contributed by atoms with Crippen molar-refractivity contribution in [3.63, 3.8) is 0 Å². The van der Waals surface area contributed by atoms with Crippen LogP contribution < -0.4 is 16.0 Å². The number of carboxylic acid groups (broad SMARTS) is 1. The quantitative estimate of drug-likeness (QED) is 0.217. The number of nitrogens with zero attached hydrogens (tertiary/aromatic N) is 1. The van der Waals surface area contributed by atoms with Crippen molar-refractivity contribution in [3.8, 4) is 5.75 Å². The van der Waals surface area contributed by atoms with Crippen LogP contribution in [0.5, 0.6) is 5.75 Å². The number of carboxylic acids is 1. The molecule has 10 nitrogen and oxygen atoms in total. The maximum absolute atomic E-state index is 12.3. The van der Waals surface area contributed by atoms with Crippen LogP contribution in [0.4, 0.5) is 5.13 Å². The number of aromatic hydroxyl groups is 1. The lowest BCUT2D eigenvalue weighted by atomic mass is 10.1. The molecule has 0 bridgehead atoms. The Morgan fingerprint density at radius 1 is 1.18 bits per heavy atom. The van der Waals surface area contributed by atoms with Crippen molar-refractivity contribution in [2.24, 2.45) is 0 Å². The van der Waals surface area contributed by atoms with E-state index in [1.54, 1.807) is 42.6 Å². The number of benzene rings is 1. The number of phenols is 1. The number of thiazole rings is 1. The molecule has 2 heterocycles. The Kier molecular flexibility index (Phi) is 8.71. The number of thiophene rings is 1. The van der Waals surface area contributed by atoms with Gasteiger partial charge >= 0.3 is 5.97 Å². The van der Waals surface area contributed by atoms with Gasteiger partial charge in [-0.15, -0.1) is 11.3 Å². The Balaban J connectivity index is 1.55. The standard InChI is InChI=1S/C22H24N4O6S2/c1-12-18(20(30)25-15(21(31)32)11-23-19(29)16-6-3-9-33-16)34-22(24-12)26-17(28)8-7-13-4-2-5-14(27)10-13/h2-6,9-10,15,20,25,27,30H,7-8,11H2,1H3,(H,23,29)(H,31,32)(H,24,26,28). The fourth-order valence-electron chi connectivity index (χ4n) is 3.04. The number of phenolic OH excluding ortho intramolecular Hbond substituents is 1. The van der Waals surface area contributed by atoms with Crippen molar-refractivity contribution < 1.29 is 29.7 Å². The molecule has 0 radical (unpaired) electrons. The second-order valence-electron chi connectivity index (χ2n) is 7.33. The number of anilines is 1. The summed E-state index contributed by atoms with van der Waals surface area (Å²) in [5, 5.41) is 39.3. The number of hydrogen-bond acceptors (Lipinski definition) is 9. The predicted octanol–water partition coefficient (Wildman–Crippen LogP) is 2.25. The number of aliphatic hydroxyl groups excluding tert-OH is 1. The minimum Gasteiger partial charge on any atom is -0.508 e. The minimum absolute atomic E-state index is 0.130. The van der Waals surface area contributed by atoms with Gasteiger partial charge in [-0.05, 0) is 42.5 Å². The molecule has 0 fully saturated rings. The Morgan fingerprint density at radius 2 is 1.97 bits per heavy atom. The molecular weight excluding hydrogens is 480 g/mol. The van der Waals surface area contributed by atoms with Gasteiger partial charge in [0.05, 0.1) is 15.4 Å². The molecule has 0 spiro atoms. The van der Waals surface area contributed by atoms with E-state index in [0.29, 0.717) is 21.9 Å². The van der Waals surface area contributed by atoms with E-state index in [0.717, 1.165) is 16.9 Å². The van der Waals surface area contributed by atoms with Crippen LogP contribution in [0, 0.1) is 6.92 Å². The summed E-state index contributed by atoms with van der Waals surface area (Å²) in [7, 11) is 0. The predicted molar refractivity (Wildman–Crippen MR) is 128 cm³/mol. The largest absolute Gasteiger partial charge is 0.508 e. The molecule has 2 unspecified atom stereocenters. The first-order valence-electron chi connectivity index (χ1n) is 10.3.